The van der Waals surface area contributed by atoms with Crippen LogP contribution in [0.15, 0.2) is 18.2 Å². The van der Waals surface area contributed by atoms with Crippen molar-refractivity contribution in [1.82, 2.24) is 5.32 Å². The summed E-state index contributed by atoms with van der Waals surface area (Å²) in [5, 5.41) is 13.5. The molecule has 1 aromatic rings. The zero-order chi connectivity index (χ0) is 12.2. The van der Waals surface area contributed by atoms with Crippen molar-refractivity contribution in [3.8, 4) is 0 Å². The monoisotopic (exact) mass is 225 g/mol. The molecule has 0 aliphatic rings. The van der Waals surface area contributed by atoms with Crippen molar-refractivity contribution in [2.75, 3.05) is 13.1 Å². The van der Waals surface area contributed by atoms with E-state index in [-0.39, 0.29) is 5.82 Å². The molecular weight excluding hydrogens is 205 g/mol. The lowest BCUT2D eigenvalue weighted by Gasteiger charge is -2.26. The largest absolute Gasteiger partial charge is 0.384 e. The van der Waals surface area contributed by atoms with E-state index in [4.69, 9.17) is 0 Å². The first-order valence-corrected chi connectivity index (χ1v) is 5.67. The molecule has 0 saturated carbocycles. The average Bonchev–Trinajstić information content (AvgIpc) is 2.17. The molecule has 0 saturated heterocycles. The Balaban J connectivity index is 2.80. The van der Waals surface area contributed by atoms with Crippen LogP contribution in [0, 0.1) is 12.7 Å². The summed E-state index contributed by atoms with van der Waals surface area (Å²) in [5.74, 6) is -0.265. The van der Waals surface area contributed by atoms with Gasteiger partial charge in [-0.05, 0) is 50.1 Å². The Morgan fingerprint density at radius 3 is 2.69 bits per heavy atom. The fourth-order valence-corrected chi connectivity index (χ4v) is 1.84. The highest BCUT2D eigenvalue weighted by molar-refractivity contribution is 5.31. The molecule has 0 radical (unpaired) electrons. The van der Waals surface area contributed by atoms with Gasteiger partial charge in [-0.2, -0.15) is 0 Å². The Bertz CT molecular complexity index is 350. The van der Waals surface area contributed by atoms with E-state index in [2.05, 4.69) is 12.2 Å². The molecule has 3 heteroatoms. The van der Waals surface area contributed by atoms with E-state index < -0.39 is 5.60 Å². The highest BCUT2D eigenvalue weighted by Crippen LogP contribution is 2.23. The van der Waals surface area contributed by atoms with E-state index >= 15 is 0 Å². The Morgan fingerprint density at radius 1 is 1.44 bits per heavy atom. The standard InChI is InChI=1S/C13H20FNO/c1-4-7-15-9-13(3,16)12-6-5-11(14)8-10(12)2/h5-6,8,15-16H,4,7,9H2,1-3H3. The maximum atomic E-state index is 12.9. The maximum absolute atomic E-state index is 12.9. The third kappa shape index (κ3) is 3.29. The van der Waals surface area contributed by atoms with Gasteiger partial charge in [0, 0.05) is 6.54 Å². The van der Waals surface area contributed by atoms with E-state index in [0.717, 1.165) is 24.1 Å². The van der Waals surface area contributed by atoms with Crippen LogP contribution in [0.25, 0.3) is 0 Å². The van der Waals surface area contributed by atoms with Gasteiger partial charge in [-0.3, -0.25) is 0 Å². The molecule has 16 heavy (non-hydrogen) atoms. The van der Waals surface area contributed by atoms with Crippen LogP contribution >= 0.6 is 0 Å². The molecule has 0 fully saturated rings. The van der Waals surface area contributed by atoms with Crippen LogP contribution in [0.2, 0.25) is 0 Å². The van der Waals surface area contributed by atoms with Crippen LogP contribution in [0.4, 0.5) is 4.39 Å². The molecule has 2 nitrogen and oxygen atoms in total. The van der Waals surface area contributed by atoms with E-state index in [1.54, 1.807) is 13.0 Å². The Hall–Kier alpha value is -0.930. The van der Waals surface area contributed by atoms with Crippen molar-refractivity contribution in [1.29, 1.82) is 0 Å². The molecular formula is C13H20FNO. The van der Waals surface area contributed by atoms with Crippen LogP contribution < -0.4 is 5.32 Å². The first-order valence-electron chi connectivity index (χ1n) is 5.67. The van der Waals surface area contributed by atoms with E-state index in [9.17, 15) is 9.50 Å². The number of halogens is 1. The molecule has 1 atom stereocenters. The van der Waals surface area contributed by atoms with Gasteiger partial charge in [0.1, 0.15) is 5.82 Å². The van der Waals surface area contributed by atoms with E-state index in [1.807, 2.05) is 6.92 Å². The highest BCUT2D eigenvalue weighted by Gasteiger charge is 2.24. The molecule has 0 aliphatic heterocycles. The third-order valence-corrected chi connectivity index (χ3v) is 2.66. The van der Waals surface area contributed by atoms with Crippen LogP contribution in [0.1, 0.15) is 31.4 Å². The molecule has 2 N–H and O–H groups in total. The average molecular weight is 225 g/mol. The first-order chi connectivity index (χ1) is 7.47. The summed E-state index contributed by atoms with van der Waals surface area (Å²) in [5.41, 5.74) is 0.605. The number of aryl methyl sites for hydroxylation is 1. The number of benzene rings is 1. The van der Waals surface area contributed by atoms with Crippen molar-refractivity contribution < 1.29 is 9.50 Å². The van der Waals surface area contributed by atoms with Crippen LogP contribution in [-0.2, 0) is 5.60 Å². The van der Waals surface area contributed by atoms with Crippen LogP contribution in [-0.4, -0.2) is 18.2 Å². The van der Waals surface area contributed by atoms with Crippen molar-refractivity contribution >= 4 is 0 Å². The summed E-state index contributed by atoms with van der Waals surface area (Å²) in [6.07, 6.45) is 1.03. The van der Waals surface area contributed by atoms with Gasteiger partial charge >= 0.3 is 0 Å². The number of aliphatic hydroxyl groups is 1. The molecule has 0 heterocycles. The highest BCUT2D eigenvalue weighted by atomic mass is 19.1. The SMILES string of the molecule is CCCNCC(C)(O)c1ccc(F)cc1C. The lowest BCUT2D eigenvalue weighted by molar-refractivity contribution is 0.0565. The van der Waals surface area contributed by atoms with E-state index in [1.165, 1.54) is 12.1 Å². The summed E-state index contributed by atoms with van der Waals surface area (Å²) >= 11 is 0. The second-order valence-electron chi connectivity index (χ2n) is 4.41. The summed E-state index contributed by atoms with van der Waals surface area (Å²) in [4.78, 5) is 0. The summed E-state index contributed by atoms with van der Waals surface area (Å²) in [7, 11) is 0. The van der Waals surface area contributed by atoms with Gasteiger partial charge in [0.05, 0.1) is 5.60 Å². The third-order valence-electron chi connectivity index (χ3n) is 2.66. The number of hydrogen-bond acceptors (Lipinski definition) is 2. The minimum atomic E-state index is -0.951. The van der Waals surface area contributed by atoms with Crippen LogP contribution in [0.3, 0.4) is 0 Å². The Kier molecular flexibility index (Phi) is 4.44. The minimum Gasteiger partial charge on any atom is -0.384 e. The van der Waals surface area contributed by atoms with Gasteiger partial charge in [-0.25, -0.2) is 4.39 Å². The summed E-state index contributed by atoms with van der Waals surface area (Å²) in [6.45, 7) is 6.98. The van der Waals surface area contributed by atoms with Gasteiger partial charge in [-0.1, -0.05) is 13.0 Å². The second-order valence-corrected chi connectivity index (χ2v) is 4.41. The molecule has 0 aromatic heterocycles. The smallest absolute Gasteiger partial charge is 0.123 e. The number of nitrogens with one attached hydrogen (secondary N) is 1. The molecule has 90 valence electrons. The molecule has 1 rings (SSSR count). The Morgan fingerprint density at radius 2 is 2.12 bits per heavy atom. The second kappa shape index (κ2) is 5.41. The van der Waals surface area contributed by atoms with Crippen molar-refractivity contribution in [3.05, 3.63) is 35.1 Å². The molecule has 0 amide bonds. The number of rotatable bonds is 5. The van der Waals surface area contributed by atoms with E-state index in [0.29, 0.717) is 6.54 Å². The number of hydrogen-bond donors (Lipinski definition) is 2. The zero-order valence-corrected chi connectivity index (χ0v) is 10.2. The lowest BCUT2D eigenvalue weighted by atomic mass is 9.92. The maximum Gasteiger partial charge on any atom is 0.123 e. The predicted molar refractivity (Wildman–Crippen MR) is 63.9 cm³/mol. The van der Waals surface area contributed by atoms with Gasteiger partial charge in [-0.15, -0.1) is 0 Å². The van der Waals surface area contributed by atoms with Gasteiger partial charge < -0.3 is 10.4 Å². The fourth-order valence-electron chi connectivity index (χ4n) is 1.84. The quantitative estimate of drug-likeness (QED) is 0.754. The molecule has 1 aromatic carbocycles. The van der Waals surface area contributed by atoms with Gasteiger partial charge in [0.15, 0.2) is 0 Å². The van der Waals surface area contributed by atoms with Crippen molar-refractivity contribution in [3.63, 3.8) is 0 Å². The Labute approximate surface area is 96.5 Å². The zero-order valence-electron chi connectivity index (χ0n) is 10.2. The molecule has 1 unspecified atom stereocenters. The summed E-state index contributed by atoms with van der Waals surface area (Å²) in [6, 6.07) is 4.48. The normalized spacial score (nSPS) is 14.8. The topological polar surface area (TPSA) is 32.3 Å². The molecule has 0 spiro atoms. The van der Waals surface area contributed by atoms with Crippen LogP contribution in [0.5, 0.6) is 0 Å². The molecule has 0 bridgehead atoms. The van der Waals surface area contributed by atoms with Crippen molar-refractivity contribution in [2.45, 2.75) is 32.8 Å². The van der Waals surface area contributed by atoms with Gasteiger partial charge in [0.25, 0.3) is 0 Å². The minimum absolute atomic E-state index is 0.265. The van der Waals surface area contributed by atoms with Crippen molar-refractivity contribution in [2.24, 2.45) is 0 Å². The van der Waals surface area contributed by atoms with Gasteiger partial charge in [0.2, 0.25) is 0 Å². The predicted octanol–water partition coefficient (Wildman–Crippen LogP) is 2.34. The first kappa shape index (κ1) is 13.1. The lowest BCUT2D eigenvalue weighted by Crippen LogP contribution is -2.36. The summed E-state index contributed by atoms with van der Waals surface area (Å²) < 4.78 is 12.9. The molecule has 0 aliphatic carbocycles. The fraction of sp³-hybridized carbons (Fsp3) is 0.538.